The van der Waals surface area contributed by atoms with Gasteiger partial charge in [-0.2, -0.15) is 0 Å². The molecule has 0 radical (unpaired) electrons. The number of rotatable bonds is 2. The minimum absolute atomic E-state index is 0.0544. The summed E-state index contributed by atoms with van der Waals surface area (Å²) in [4.78, 5) is 13.9. The van der Waals surface area contributed by atoms with Crippen LogP contribution in [-0.4, -0.2) is 70.7 Å². The van der Waals surface area contributed by atoms with Gasteiger partial charge in [0, 0.05) is 13.1 Å². The maximum atomic E-state index is 12.2. The fourth-order valence-electron chi connectivity index (χ4n) is 2.61. The van der Waals surface area contributed by atoms with Gasteiger partial charge in [-0.15, -0.1) is 0 Å². The van der Waals surface area contributed by atoms with Crippen molar-refractivity contribution in [2.24, 2.45) is 5.92 Å². The third kappa shape index (κ3) is 2.66. The van der Waals surface area contributed by atoms with Gasteiger partial charge in [0.1, 0.15) is 12.2 Å². The Kier molecular flexibility index (Phi) is 4.55. The zero-order chi connectivity index (χ0) is 13.1. The molecule has 6 heteroatoms. The molecule has 1 amide bonds. The van der Waals surface area contributed by atoms with E-state index >= 15 is 0 Å². The number of amides is 1. The van der Waals surface area contributed by atoms with Crippen molar-refractivity contribution in [3.8, 4) is 0 Å². The maximum absolute atomic E-state index is 12.2. The molecule has 2 aliphatic rings. The summed E-state index contributed by atoms with van der Waals surface area (Å²) in [7, 11) is 0. The minimum atomic E-state index is -1.21. The van der Waals surface area contributed by atoms with Crippen LogP contribution in [0.25, 0.3) is 0 Å². The Morgan fingerprint density at radius 3 is 2.44 bits per heavy atom. The van der Waals surface area contributed by atoms with E-state index in [2.05, 4.69) is 0 Å². The molecule has 6 nitrogen and oxygen atoms in total. The van der Waals surface area contributed by atoms with Crippen molar-refractivity contribution in [1.82, 2.24) is 4.90 Å². The van der Waals surface area contributed by atoms with E-state index in [9.17, 15) is 15.0 Å². The van der Waals surface area contributed by atoms with Crippen LogP contribution in [0.4, 0.5) is 0 Å². The average molecular weight is 259 g/mol. The van der Waals surface area contributed by atoms with Gasteiger partial charge < -0.3 is 25.0 Å². The summed E-state index contributed by atoms with van der Waals surface area (Å²) >= 11 is 0. The van der Waals surface area contributed by atoms with Crippen LogP contribution < -0.4 is 0 Å². The molecule has 2 fully saturated rings. The topological polar surface area (TPSA) is 90.2 Å². The second-order valence-electron chi connectivity index (χ2n) is 5.03. The van der Waals surface area contributed by atoms with Crippen LogP contribution in [0.2, 0.25) is 0 Å². The van der Waals surface area contributed by atoms with Crippen molar-refractivity contribution in [3.05, 3.63) is 0 Å². The number of hydrogen-bond acceptors (Lipinski definition) is 5. The van der Waals surface area contributed by atoms with Crippen molar-refractivity contribution < 1.29 is 24.9 Å². The van der Waals surface area contributed by atoms with Gasteiger partial charge in [-0.3, -0.25) is 4.79 Å². The van der Waals surface area contributed by atoms with Crippen LogP contribution in [0, 0.1) is 5.92 Å². The first-order chi connectivity index (χ1) is 8.65. The molecule has 2 rings (SSSR count). The Morgan fingerprint density at radius 1 is 1.17 bits per heavy atom. The molecule has 3 N–H and O–H groups in total. The van der Waals surface area contributed by atoms with Crippen LogP contribution in [0.1, 0.15) is 19.3 Å². The van der Waals surface area contributed by atoms with Gasteiger partial charge >= 0.3 is 0 Å². The molecule has 0 saturated carbocycles. The molecule has 0 aromatic rings. The molecule has 2 saturated heterocycles. The number of aliphatic hydroxyl groups is 3. The number of likely N-dealkylation sites (tertiary alicyclic amines) is 1. The molecule has 0 aromatic heterocycles. The second kappa shape index (κ2) is 5.97. The zero-order valence-corrected chi connectivity index (χ0v) is 10.4. The van der Waals surface area contributed by atoms with E-state index in [1.807, 2.05) is 0 Å². The smallest absolute Gasteiger partial charge is 0.230 e. The molecule has 2 aliphatic heterocycles. The lowest BCUT2D eigenvalue weighted by Crippen LogP contribution is -2.56. The Bertz CT molecular complexity index is 292. The highest BCUT2D eigenvalue weighted by Crippen LogP contribution is 2.23. The molecule has 0 aromatic carbocycles. The first-order valence-electron chi connectivity index (χ1n) is 6.52. The highest BCUT2D eigenvalue weighted by molar-refractivity contribution is 5.80. The summed E-state index contributed by atoms with van der Waals surface area (Å²) in [5.74, 6) is -0.876. The van der Waals surface area contributed by atoms with Crippen molar-refractivity contribution >= 4 is 5.91 Å². The number of piperidine rings is 1. The normalized spacial score (nSPS) is 37.6. The molecule has 18 heavy (non-hydrogen) atoms. The van der Waals surface area contributed by atoms with Crippen LogP contribution in [-0.2, 0) is 9.53 Å². The molecule has 0 aliphatic carbocycles. The molecule has 4 unspecified atom stereocenters. The first-order valence-corrected chi connectivity index (χ1v) is 6.52. The third-order valence-corrected chi connectivity index (χ3v) is 3.80. The number of carbonyl (C=O) groups excluding carboxylic acids is 1. The van der Waals surface area contributed by atoms with Gasteiger partial charge in [-0.1, -0.05) is 0 Å². The van der Waals surface area contributed by atoms with Crippen molar-refractivity contribution in [2.45, 2.75) is 37.6 Å². The van der Waals surface area contributed by atoms with E-state index in [1.54, 1.807) is 4.90 Å². The summed E-state index contributed by atoms with van der Waals surface area (Å²) < 4.78 is 5.23. The van der Waals surface area contributed by atoms with E-state index in [4.69, 9.17) is 9.84 Å². The molecule has 0 bridgehead atoms. The SMILES string of the molecule is O=C(C1COC(CO)C(O)C1O)N1CCCCC1. The van der Waals surface area contributed by atoms with Gasteiger partial charge in [0.05, 0.1) is 25.2 Å². The second-order valence-corrected chi connectivity index (χ2v) is 5.03. The molecular formula is C12H21NO5. The average Bonchev–Trinajstić information content (AvgIpc) is 2.42. The summed E-state index contributed by atoms with van der Waals surface area (Å²) in [6, 6.07) is 0. The van der Waals surface area contributed by atoms with Crippen molar-refractivity contribution in [3.63, 3.8) is 0 Å². The number of hydrogen-bond donors (Lipinski definition) is 3. The highest BCUT2D eigenvalue weighted by atomic mass is 16.5. The first kappa shape index (κ1) is 13.7. The standard InChI is InChI=1S/C12H21NO5/c14-6-9-11(16)10(15)8(7-18-9)12(17)13-4-2-1-3-5-13/h8-11,14-16H,1-7H2. The maximum Gasteiger partial charge on any atom is 0.230 e. The lowest BCUT2D eigenvalue weighted by Gasteiger charge is -2.39. The van der Waals surface area contributed by atoms with Gasteiger partial charge in [0.15, 0.2) is 0 Å². The summed E-state index contributed by atoms with van der Waals surface area (Å²) in [6.45, 7) is 1.12. The van der Waals surface area contributed by atoms with Gasteiger partial charge in [0.25, 0.3) is 0 Å². The molecule has 0 spiro atoms. The van der Waals surface area contributed by atoms with Crippen LogP contribution in [0.3, 0.4) is 0 Å². The van der Waals surface area contributed by atoms with Gasteiger partial charge in [0.2, 0.25) is 5.91 Å². The molecule has 2 heterocycles. The number of carbonyl (C=O) groups is 1. The number of aliphatic hydroxyl groups excluding tert-OH is 3. The van der Waals surface area contributed by atoms with Crippen molar-refractivity contribution in [1.29, 1.82) is 0 Å². The Balaban J connectivity index is 1.98. The zero-order valence-electron chi connectivity index (χ0n) is 10.4. The Hall–Kier alpha value is -0.690. The molecule has 104 valence electrons. The van der Waals surface area contributed by atoms with Crippen LogP contribution in [0.15, 0.2) is 0 Å². The van der Waals surface area contributed by atoms with Crippen LogP contribution in [0.5, 0.6) is 0 Å². The lowest BCUT2D eigenvalue weighted by atomic mass is 9.91. The predicted octanol–water partition coefficient (Wildman–Crippen LogP) is -1.27. The van der Waals surface area contributed by atoms with E-state index in [0.29, 0.717) is 13.1 Å². The molecular weight excluding hydrogens is 238 g/mol. The summed E-state index contributed by atoms with van der Waals surface area (Å²) in [6.07, 6.45) is -0.0739. The number of ether oxygens (including phenoxy) is 1. The minimum Gasteiger partial charge on any atom is -0.394 e. The fourth-order valence-corrected chi connectivity index (χ4v) is 2.61. The van der Waals surface area contributed by atoms with E-state index in [0.717, 1.165) is 19.3 Å². The molecule has 4 atom stereocenters. The Morgan fingerprint density at radius 2 is 1.83 bits per heavy atom. The van der Waals surface area contributed by atoms with E-state index in [1.165, 1.54) is 0 Å². The number of nitrogens with zero attached hydrogens (tertiary/aromatic N) is 1. The van der Waals surface area contributed by atoms with Gasteiger partial charge in [-0.05, 0) is 19.3 Å². The predicted molar refractivity (Wildman–Crippen MR) is 62.8 cm³/mol. The summed E-state index contributed by atoms with van der Waals surface area (Å²) in [5.41, 5.74) is 0. The third-order valence-electron chi connectivity index (χ3n) is 3.80. The quantitative estimate of drug-likeness (QED) is 0.575. The highest BCUT2D eigenvalue weighted by Gasteiger charge is 2.43. The van der Waals surface area contributed by atoms with E-state index < -0.39 is 24.2 Å². The largest absolute Gasteiger partial charge is 0.394 e. The van der Waals surface area contributed by atoms with Crippen LogP contribution >= 0.6 is 0 Å². The Labute approximate surface area is 106 Å². The monoisotopic (exact) mass is 259 g/mol. The van der Waals surface area contributed by atoms with E-state index in [-0.39, 0.29) is 19.1 Å². The van der Waals surface area contributed by atoms with Gasteiger partial charge in [-0.25, -0.2) is 0 Å². The van der Waals surface area contributed by atoms with Crippen molar-refractivity contribution in [2.75, 3.05) is 26.3 Å². The fraction of sp³-hybridized carbons (Fsp3) is 0.917. The lowest BCUT2D eigenvalue weighted by molar-refractivity contribution is -0.186. The summed E-state index contributed by atoms with van der Waals surface area (Å²) in [5, 5.41) is 28.7.